The number of aliphatic hydroxyl groups is 1. The molecule has 4 N–H and O–H groups in total. The minimum Gasteiger partial charge on any atom is -0.399 e. The number of nitrogens with one attached hydrogen (secondary N) is 1. The van der Waals surface area contributed by atoms with Crippen LogP contribution < -0.4 is 11.0 Å². The van der Waals surface area contributed by atoms with Crippen LogP contribution in [0.2, 0.25) is 0 Å². The second kappa shape index (κ2) is 10.6. The lowest BCUT2D eigenvalue weighted by Gasteiger charge is -2.30. The lowest BCUT2D eigenvalue weighted by Crippen LogP contribution is -2.46. The summed E-state index contributed by atoms with van der Waals surface area (Å²) in [5, 5.41) is 13.5. The van der Waals surface area contributed by atoms with Crippen molar-refractivity contribution in [3.8, 4) is 0 Å². The van der Waals surface area contributed by atoms with Crippen molar-refractivity contribution < 1.29 is 5.11 Å². The highest BCUT2D eigenvalue weighted by atomic mass is 32.2. The first-order chi connectivity index (χ1) is 12.5. The standard InChI is InChI=1S/C20H28BN3OS/c1-15(2)13-24(26-18-10-8-17(22)9-11-18)14-20(25)19(23-21)12-16-6-4-3-5-7-16/h3-11,15,19-20,23,25H,12-14,22H2,1-2H3. The molecule has 0 aliphatic carbocycles. The van der Waals surface area contributed by atoms with Crippen LogP contribution in [0.15, 0.2) is 59.5 Å². The number of benzene rings is 2. The van der Waals surface area contributed by atoms with Gasteiger partial charge in [0, 0.05) is 29.7 Å². The van der Waals surface area contributed by atoms with Gasteiger partial charge in [-0.2, -0.15) is 0 Å². The molecular weight excluding hydrogens is 341 g/mol. The lowest BCUT2D eigenvalue weighted by molar-refractivity contribution is 0.114. The highest BCUT2D eigenvalue weighted by Gasteiger charge is 2.22. The first kappa shape index (κ1) is 20.8. The van der Waals surface area contributed by atoms with Crippen LogP contribution in [-0.2, 0) is 6.42 Å². The number of nitrogens with zero attached hydrogens (tertiary/aromatic N) is 1. The minimum absolute atomic E-state index is 0.209. The van der Waals surface area contributed by atoms with Crippen molar-refractivity contribution in [3.05, 3.63) is 60.2 Å². The number of aliphatic hydroxyl groups excluding tert-OH is 1. The Morgan fingerprint density at radius 1 is 1.08 bits per heavy atom. The summed E-state index contributed by atoms with van der Waals surface area (Å²) in [6.45, 7) is 5.74. The Bertz CT molecular complexity index is 639. The Kier molecular flexibility index (Phi) is 8.52. The van der Waals surface area contributed by atoms with Gasteiger partial charge < -0.3 is 16.1 Å². The van der Waals surface area contributed by atoms with E-state index in [0.29, 0.717) is 18.9 Å². The smallest absolute Gasteiger partial charge is 0.178 e. The van der Waals surface area contributed by atoms with Crippen LogP contribution in [-0.4, -0.2) is 42.6 Å². The molecule has 2 radical (unpaired) electrons. The first-order valence-corrected chi connectivity index (χ1v) is 9.72. The number of rotatable bonds is 10. The van der Waals surface area contributed by atoms with E-state index in [-0.39, 0.29) is 6.04 Å². The predicted octanol–water partition coefficient (Wildman–Crippen LogP) is 2.88. The van der Waals surface area contributed by atoms with Crippen molar-refractivity contribution >= 4 is 25.6 Å². The third kappa shape index (κ3) is 7.04. The zero-order chi connectivity index (χ0) is 18.9. The Morgan fingerprint density at radius 3 is 2.31 bits per heavy atom. The normalized spacial score (nSPS) is 13.9. The predicted molar refractivity (Wildman–Crippen MR) is 112 cm³/mol. The summed E-state index contributed by atoms with van der Waals surface area (Å²) in [5.74, 6) is 0.488. The fourth-order valence-corrected chi connectivity index (χ4v) is 3.90. The van der Waals surface area contributed by atoms with Gasteiger partial charge in [0.25, 0.3) is 0 Å². The molecular formula is C20H28BN3OS. The summed E-state index contributed by atoms with van der Waals surface area (Å²) in [7, 11) is 5.72. The SMILES string of the molecule is [B]NC(Cc1ccccc1)C(O)CN(CC(C)C)Sc1ccc(N)cc1. The van der Waals surface area contributed by atoms with Gasteiger partial charge in [0.2, 0.25) is 0 Å². The van der Waals surface area contributed by atoms with Gasteiger partial charge in [0.1, 0.15) is 0 Å². The number of nitrogen functional groups attached to an aromatic ring is 1. The molecule has 0 amide bonds. The zero-order valence-electron chi connectivity index (χ0n) is 15.5. The van der Waals surface area contributed by atoms with Gasteiger partial charge in [-0.25, -0.2) is 4.31 Å². The third-order valence-corrected chi connectivity index (χ3v) is 5.09. The van der Waals surface area contributed by atoms with Crippen molar-refractivity contribution in [1.82, 2.24) is 9.53 Å². The van der Waals surface area contributed by atoms with Gasteiger partial charge in [-0.05, 0) is 54.1 Å². The van der Waals surface area contributed by atoms with E-state index >= 15 is 0 Å². The molecule has 0 fully saturated rings. The van der Waals surface area contributed by atoms with E-state index in [1.807, 2.05) is 54.6 Å². The van der Waals surface area contributed by atoms with Crippen LogP contribution in [0.25, 0.3) is 0 Å². The highest BCUT2D eigenvalue weighted by Crippen LogP contribution is 2.25. The monoisotopic (exact) mass is 369 g/mol. The highest BCUT2D eigenvalue weighted by molar-refractivity contribution is 7.97. The number of hydrogen-bond donors (Lipinski definition) is 3. The molecule has 138 valence electrons. The number of anilines is 1. The maximum absolute atomic E-state index is 10.8. The summed E-state index contributed by atoms with van der Waals surface area (Å²) in [4.78, 5) is 1.10. The molecule has 2 aromatic carbocycles. The van der Waals surface area contributed by atoms with Crippen molar-refractivity contribution in [2.45, 2.75) is 37.3 Å². The Hall–Kier alpha value is -1.47. The second-order valence-corrected chi connectivity index (χ2v) is 8.10. The lowest BCUT2D eigenvalue weighted by atomic mass is 9.99. The maximum atomic E-state index is 10.8. The summed E-state index contributed by atoms with van der Waals surface area (Å²) in [6, 6.07) is 17.7. The third-order valence-electron chi connectivity index (χ3n) is 4.05. The van der Waals surface area contributed by atoms with E-state index in [0.717, 1.165) is 22.7 Å². The van der Waals surface area contributed by atoms with E-state index < -0.39 is 6.10 Å². The molecule has 6 heteroatoms. The minimum atomic E-state index is -0.583. The molecule has 0 heterocycles. The van der Waals surface area contributed by atoms with Crippen molar-refractivity contribution in [2.75, 3.05) is 18.8 Å². The summed E-state index contributed by atoms with van der Waals surface area (Å²) < 4.78 is 2.19. The molecule has 0 spiro atoms. The molecule has 0 aliphatic heterocycles. The Morgan fingerprint density at radius 2 is 1.73 bits per heavy atom. The molecule has 0 bridgehead atoms. The molecule has 2 unspecified atom stereocenters. The quantitative estimate of drug-likeness (QED) is 0.342. The largest absolute Gasteiger partial charge is 0.399 e. The zero-order valence-corrected chi connectivity index (χ0v) is 16.3. The number of nitrogens with two attached hydrogens (primary N) is 1. The molecule has 0 aliphatic rings. The van der Waals surface area contributed by atoms with Gasteiger partial charge in [-0.15, -0.1) is 0 Å². The Labute approximate surface area is 162 Å². The molecule has 2 atom stereocenters. The summed E-state index contributed by atoms with van der Waals surface area (Å²) in [5.41, 5.74) is 7.66. The van der Waals surface area contributed by atoms with Crippen molar-refractivity contribution in [3.63, 3.8) is 0 Å². The fraction of sp³-hybridized carbons (Fsp3) is 0.400. The maximum Gasteiger partial charge on any atom is 0.178 e. The topological polar surface area (TPSA) is 61.5 Å². The van der Waals surface area contributed by atoms with Gasteiger partial charge in [-0.3, -0.25) is 0 Å². The van der Waals surface area contributed by atoms with Crippen LogP contribution in [0, 0.1) is 5.92 Å². The summed E-state index contributed by atoms with van der Waals surface area (Å²) >= 11 is 1.64. The van der Waals surface area contributed by atoms with E-state index in [4.69, 9.17) is 13.7 Å². The van der Waals surface area contributed by atoms with Gasteiger partial charge in [0.05, 0.1) is 6.10 Å². The molecule has 2 rings (SSSR count). The van der Waals surface area contributed by atoms with Crippen molar-refractivity contribution in [1.29, 1.82) is 0 Å². The van der Waals surface area contributed by atoms with Gasteiger partial charge >= 0.3 is 0 Å². The first-order valence-electron chi connectivity index (χ1n) is 8.94. The molecule has 2 aromatic rings. The molecule has 4 nitrogen and oxygen atoms in total. The van der Waals surface area contributed by atoms with Crippen molar-refractivity contribution in [2.24, 2.45) is 5.92 Å². The van der Waals surface area contributed by atoms with Crippen LogP contribution in [0.4, 0.5) is 5.69 Å². The fourth-order valence-electron chi connectivity index (χ4n) is 2.74. The second-order valence-electron chi connectivity index (χ2n) is 6.93. The van der Waals surface area contributed by atoms with E-state index in [2.05, 4.69) is 23.4 Å². The Balaban J connectivity index is 2.01. The van der Waals surface area contributed by atoms with Gasteiger partial charge in [-0.1, -0.05) is 44.2 Å². The van der Waals surface area contributed by atoms with Crippen LogP contribution >= 0.6 is 11.9 Å². The van der Waals surface area contributed by atoms with Crippen LogP contribution in [0.1, 0.15) is 19.4 Å². The summed E-state index contributed by atoms with van der Waals surface area (Å²) in [6.07, 6.45) is 0.0980. The average Bonchev–Trinajstić information content (AvgIpc) is 2.61. The average molecular weight is 369 g/mol. The van der Waals surface area contributed by atoms with E-state index in [9.17, 15) is 5.11 Å². The molecule has 26 heavy (non-hydrogen) atoms. The number of hydrogen-bond acceptors (Lipinski definition) is 5. The van der Waals surface area contributed by atoms with Crippen LogP contribution in [0.5, 0.6) is 0 Å². The molecule has 0 aromatic heterocycles. The van der Waals surface area contributed by atoms with E-state index in [1.54, 1.807) is 11.9 Å². The molecule has 0 saturated carbocycles. The van der Waals surface area contributed by atoms with Crippen LogP contribution in [0.3, 0.4) is 0 Å². The van der Waals surface area contributed by atoms with Gasteiger partial charge in [0.15, 0.2) is 7.98 Å². The molecule has 0 saturated heterocycles. The van der Waals surface area contributed by atoms with E-state index in [1.165, 1.54) is 0 Å².